The van der Waals surface area contributed by atoms with Crippen LogP contribution in [0.25, 0.3) is 0 Å². The number of hydrazone groups is 1. The van der Waals surface area contributed by atoms with E-state index in [-0.39, 0.29) is 5.70 Å². The molecule has 1 aliphatic carbocycles. The molecular weight excluding hydrogens is 280 g/mol. The van der Waals surface area contributed by atoms with Crippen molar-refractivity contribution in [3.63, 3.8) is 0 Å². The van der Waals surface area contributed by atoms with Crippen molar-refractivity contribution >= 4 is 5.71 Å². The second kappa shape index (κ2) is 6.11. The van der Waals surface area contributed by atoms with Crippen molar-refractivity contribution < 1.29 is 4.92 Å². The van der Waals surface area contributed by atoms with Gasteiger partial charge in [0.2, 0.25) is 0 Å². The minimum atomic E-state index is -0.413. The van der Waals surface area contributed by atoms with Gasteiger partial charge < -0.3 is 5.84 Å². The van der Waals surface area contributed by atoms with Crippen molar-refractivity contribution in [1.82, 2.24) is 4.90 Å². The highest BCUT2D eigenvalue weighted by atomic mass is 16.6. The summed E-state index contributed by atoms with van der Waals surface area (Å²) in [6, 6.07) is 8.43. The number of nitrogens with zero attached hydrogens (tertiary/aromatic N) is 3. The number of nitrogens with two attached hydrogens (primary N) is 1. The second-order valence-corrected chi connectivity index (χ2v) is 5.58. The number of nitro groups is 1. The summed E-state index contributed by atoms with van der Waals surface area (Å²) < 4.78 is 0. The van der Waals surface area contributed by atoms with Gasteiger partial charge in [-0.3, -0.25) is 15.0 Å². The van der Waals surface area contributed by atoms with Crippen LogP contribution >= 0.6 is 0 Å². The van der Waals surface area contributed by atoms with Crippen molar-refractivity contribution in [2.45, 2.75) is 19.4 Å². The molecule has 0 atom stereocenters. The van der Waals surface area contributed by atoms with Gasteiger partial charge in [-0.05, 0) is 23.1 Å². The highest BCUT2D eigenvalue weighted by molar-refractivity contribution is 6.00. The van der Waals surface area contributed by atoms with E-state index in [1.165, 1.54) is 11.1 Å². The summed E-state index contributed by atoms with van der Waals surface area (Å²) in [5, 5.41) is 14.6. The van der Waals surface area contributed by atoms with Gasteiger partial charge in [-0.25, -0.2) is 0 Å². The fraction of sp³-hybridized carbons (Fsp3) is 0.312. The van der Waals surface area contributed by atoms with Crippen LogP contribution in [0.4, 0.5) is 0 Å². The predicted molar refractivity (Wildman–Crippen MR) is 84.8 cm³/mol. The summed E-state index contributed by atoms with van der Waals surface area (Å²) in [7, 11) is 0. The molecule has 0 aromatic heterocycles. The van der Waals surface area contributed by atoms with Crippen LogP contribution in [0.3, 0.4) is 0 Å². The van der Waals surface area contributed by atoms with Gasteiger partial charge in [-0.2, -0.15) is 5.10 Å². The van der Waals surface area contributed by atoms with Gasteiger partial charge in [-0.1, -0.05) is 30.3 Å². The SMILES string of the molecule is NN=C1CC=C(CN2CCc3ccccc3C2)C=C1[N+](=O)[O-]. The minimum Gasteiger partial charge on any atom is -0.323 e. The molecule has 0 saturated carbocycles. The average molecular weight is 298 g/mol. The Balaban J connectivity index is 1.72. The maximum Gasteiger partial charge on any atom is 0.293 e. The zero-order valence-electron chi connectivity index (χ0n) is 12.2. The third kappa shape index (κ3) is 2.92. The maximum atomic E-state index is 11.1. The van der Waals surface area contributed by atoms with Crippen LogP contribution in [0.1, 0.15) is 17.5 Å². The average Bonchev–Trinajstić information content (AvgIpc) is 2.54. The van der Waals surface area contributed by atoms with Gasteiger partial charge in [0, 0.05) is 32.1 Å². The van der Waals surface area contributed by atoms with Gasteiger partial charge in [0.05, 0.1) is 4.92 Å². The molecule has 2 N–H and O–H groups in total. The lowest BCUT2D eigenvalue weighted by molar-refractivity contribution is -0.415. The van der Waals surface area contributed by atoms with E-state index in [0.717, 1.165) is 25.1 Å². The molecule has 6 nitrogen and oxygen atoms in total. The molecule has 0 amide bonds. The lowest BCUT2D eigenvalue weighted by Gasteiger charge is -2.29. The molecule has 1 aliphatic heterocycles. The first-order chi connectivity index (χ1) is 10.7. The number of fused-ring (bicyclic) bond motifs is 1. The molecule has 1 aromatic carbocycles. The van der Waals surface area contributed by atoms with Crippen molar-refractivity contribution in [3.8, 4) is 0 Å². The van der Waals surface area contributed by atoms with E-state index in [2.05, 4.69) is 34.3 Å². The van der Waals surface area contributed by atoms with Crippen molar-refractivity contribution in [2.75, 3.05) is 13.1 Å². The van der Waals surface area contributed by atoms with Crippen LogP contribution in [-0.2, 0) is 13.0 Å². The summed E-state index contributed by atoms with van der Waals surface area (Å²) in [6.07, 6.45) is 5.00. The Hall–Kier alpha value is -2.47. The van der Waals surface area contributed by atoms with Crippen molar-refractivity contribution in [1.29, 1.82) is 0 Å². The fourth-order valence-electron chi connectivity index (χ4n) is 2.98. The number of hydrogen-bond acceptors (Lipinski definition) is 5. The van der Waals surface area contributed by atoms with E-state index in [0.29, 0.717) is 18.7 Å². The van der Waals surface area contributed by atoms with Crippen molar-refractivity contribution in [2.24, 2.45) is 10.9 Å². The number of hydrogen-bond donors (Lipinski definition) is 1. The van der Waals surface area contributed by atoms with Gasteiger partial charge >= 0.3 is 0 Å². The molecule has 3 rings (SSSR count). The number of rotatable bonds is 3. The van der Waals surface area contributed by atoms with E-state index in [1.54, 1.807) is 6.08 Å². The summed E-state index contributed by atoms with van der Waals surface area (Å²) in [5.41, 5.74) is 4.04. The lowest BCUT2D eigenvalue weighted by atomic mass is 9.98. The Morgan fingerprint density at radius 3 is 2.82 bits per heavy atom. The Labute approximate surface area is 128 Å². The third-order valence-electron chi connectivity index (χ3n) is 4.14. The summed E-state index contributed by atoms with van der Waals surface area (Å²) in [6.45, 7) is 2.56. The fourth-order valence-corrected chi connectivity index (χ4v) is 2.98. The minimum absolute atomic E-state index is 0.0115. The standard InChI is InChI=1S/C16H18N4O2/c17-18-15-6-5-12(9-16(15)20(21)22)10-19-8-7-13-3-1-2-4-14(13)11-19/h1-5,9H,6-8,10-11,17H2. The predicted octanol–water partition coefficient (Wildman–Crippen LogP) is 1.85. The quantitative estimate of drug-likeness (QED) is 0.524. The van der Waals surface area contributed by atoms with Gasteiger partial charge in [0.15, 0.2) is 0 Å². The summed E-state index contributed by atoms with van der Waals surface area (Å²) >= 11 is 0. The highest BCUT2D eigenvalue weighted by Gasteiger charge is 2.24. The first-order valence-electron chi connectivity index (χ1n) is 7.29. The Bertz CT molecular complexity index is 691. The first kappa shape index (κ1) is 14.5. The molecule has 0 bridgehead atoms. The third-order valence-corrected chi connectivity index (χ3v) is 4.14. The molecule has 1 heterocycles. The van der Waals surface area contributed by atoms with Crippen LogP contribution in [0.2, 0.25) is 0 Å². The zero-order chi connectivity index (χ0) is 15.5. The highest BCUT2D eigenvalue weighted by Crippen LogP contribution is 2.22. The summed E-state index contributed by atoms with van der Waals surface area (Å²) in [4.78, 5) is 13.0. The smallest absolute Gasteiger partial charge is 0.293 e. The lowest BCUT2D eigenvalue weighted by Crippen LogP contribution is -2.32. The number of benzene rings is 1. The molecule has 1 aromatic rings. The van der Waals surface area contributed by atoms with Crippen LogP contribution < -0.4 is 5.84 Å². The molecule has 6 heteroatoms. The first-order valence-corrected chi connectivity index (χ1v) is 7.29. The summed E-state index contributed by atoms with van der Waals surface area (Å²) in [5.74, 6) is 5.22. The van der Waals surface area contributed by atoms with E-state index < -0.39 is 4.92 Å². The van der Waals surface area contributed by atoms with Gasteiger partial charge in [0.1, 0.15) is 5.71 Å². The molecule has 2 aliphatic rings. The van der Waals surface area contributed by atoms with Crippen LogP contribution in [0.15, 0.2) is 52.8 Å². The molecule has 22 heavy (non-hydrogen) atoms. The Kier molecular flexibility index (Phi) is 4.02. The zero-order valence-corrected chi connectivity index (χ0v) is 12.2. The topological polar surface area (TPSA) is 84.8 Å². The molecule has 0 radical (unpaired) electrons. The van der Waals surface area contributed by atoms with E-state index in [9.17, 15) is 10.1 Å². The molecule has 114 valence electrons. The molecule has 0 fully saturated rings. The van der Waals surface area contributed by atoms with Crippen LogP contribution in [0, 0.1) is 10.1 Å². The molecule has 0 unspecified atom stereocenters. The Morgan fingerprint density at radius 1 is 1.32 bits per heavy atom. The Morgan fingerprint density at radius 2 is 2.09 bits per heavy atom. The normalized spacial score (nSPS) is 20.3. The van der Waals surface area contributed by atoms with Crippen LogP contribution in [0.5, 0.6) is 0 Å². The van der Waals surface area contributed by atoms with E-state index in [4.69, 9.17) is 5.84 Å². The van der Waals surface area contributed by atoms with E-state index >= 15 is 0 Å². The van der Waals surface area contributed by atoms with Gasteiger partial charge in [0.25, 0.3) is 5.70 Å². The monoisotopic (exact) mass is 298 g/mol. The van der Waals surface area contributed by atoms with Gasteiger partial charge in [-0.15, -0.1) is 0 Å². The molecule has 0 saturated heterocycles. The van der Waals surface area contributed by atoms with Crippen molar-refractivity contribution in [3.05, 3.63) is 68.9 Å². The maximum absolute atomic E-state index is 11.1. The molecule has 0 spiro atoms. The van der Waals surface area contributed by atoms with E-state index in [1.807, 2.05) is 6.08 Å². The van der Waals surface area contributed by atoms with Crippen LogP contribution in [-0.4, -0.2) is 28.6 Å². The molecular formula is C16H18N4O2. The second-order valence-electron chi connectivity index (χ2n) is 5.58. The number of allylic oxidation sites excluding steroid dienone is 2. The largest absolute Gasteiger partial charge is 0.323 e.